The Labute approximate surface area is 157 Å². The predicted molar refractivity (Wildman–Crippen MR) is 102 cm³/mol. The smallest absolute Gasteiger partial charge is 0.227 e. The molecule has 1 unspecified atom stereocenters. The van der Waals surface area contributed by atoms with Crippen molar-refractivity contribution in [2.24, 2.45) is 11.8 Å². The number of hydrogen-bond acceptors (Lipinski definition) is 4. The minimum Gasteiger partial charge on any atom is -0.461 e. The van der Waals surface area contributed by atoms with E-state index >= 15 is 0 Å². The molecule has 2 aromatic heterocycles. The number of imidazole rings is 1. The molecule has 1 fully saturated rings. The molecule has 4 rings (SSSR count). The summed E-state index contributed by atoms with van der Waals surface area (Å²) in [5.41, 5.74) is 2.48. The number of benzene rings is 1. The summed E-state index contributed by atoms with van der Waals surface area (Å²) in [7, 11) is 0. The van der Waals surface area contributed by atoms with Gasteiger partial charge in [0, 0.05) is 11.6 Å². The summed E-state index contributed by atoms with van der Waals surface area (Å²) in [5.74, 6) is 1.87. The number of nitrogens with zero attached hydrogens (tertiary/aromatic N) is 1. The van der Waals surface area contributed by atoms with Crippen LogP contribution in [0.25, 0.3) is 22.6 Å². The molecule has 1 saturated heterocycles. The average molecular weight is 383 g/mol. The minimum atomic E-state index is 0. The zero-order valence-corrected chi connectivity index (χ0v) is 15.2. The first-order valence-corrected chi connectivity index (χ1v) is 7.76. The number of rotatable bonds is 4. The molecule has 3 aromatic rings. The molecule has 0 saturated carbocycles. The molecule has 134 valence electrons. The van der Waals surface area contributed by atoms with E-state index in [9.17, 15) is 4.79 Å². The van der Waals surface area contributed by atoms with Crippen LogP contribution in [0.4, 0.5) is 5.69 Å². The lowest BCUT2D eigenvalue weighted by Crippen LogP contribution is -2.48. The van der Waals surface area contributed by atoms with E-state index in [1.54, 1.807) is 6.26 Å². The number of carbonyl (C=O) groups excluding carboxylic acids is 1. The number of hydrogen-bond donors (Lipinski definition) is 3. The van der Waals surface area contributed by atoms with Gasteiger partial charge in [0.05, 0.1) is 17.3 Å². The highest BCUT2D eigenvalue weighted by Crippen LogP contribution is 2.24. The summed E-state index contributed by atoms with van der Waals surface area (Å²) in [6.45, 7) is 3.81. The number of fused-ring (bicyclic) bond motifs is 1. The molecule has 1 aromatic carbocycles. The van der Waals surface area contributed by atoms with E-state index < -0.39 is 0 Å². The van der Waals surface area contributed by atoms with Crippen LogP contribution in [0.15, 0.2) is 41.0 Å². The maximum Gasteiger partial charge on any atom is 0.227 e. The first kappa shape index (κ1) is 19.3. The van der Waals surface area contributed by atoms with Crippen molar-refractivity contribution in [1.29, 1.82) is 0 Å². The summed E-state index contributed by atoms with van der Waals surface area (Å²) in [6.07, 6.45) is 1.62. The predicted octanol–water partition coefficient (Wildman–Crippen LogP) is 3.46. The SMILES string of the molecule is CC(C(=O)Nc1ccc2nc(-c3ccco3)[nH]c2c1)C1CNC1.Cl.Cl. The molecule has 3 N–H and O–H groups in total. The molecular formula is C17H20Cl2N4O2. The first-order valence-electron chi connectivity index (χ1n) is 7.76. The fraction of sp³-hybridized carbons (Fsp3) is 0.294. The van der Waals surface area contributed by atoms with Gasteiger partial charge in [-0.1, -0.05) is 6.92 Å². The number of aromatic nitrogens is 2. The largest absolute Gasteiger partial charge is 0.461 e. The molecule has 0 aliphatic carbocycles. The summed E-state index contributed by atoms with van der Waals surface area (Å²) < 4.78 is 5.35. The van der Waals surface area contributed by atoms with Crippen LogP contribution in [0, 0.1) is 11.8 Å². The number of carbonyl (C=O) groups is 1. The van der Waals surface area contributed by atoms with Gasteiger partial charge >= 0.3 is 0 Å². The van der Waals surface area contributed by atoms with Gasteiger partial charge in [-0.25, -0.2) is 4.98 Å². The second kappa shape index (κ2) is 7.91. The van der Waals surface area contributed by atoms with Gasteiger partial charge in [-0.2, -0.15) is 0 Å². The third-order valence-corrected chi connectivity index (χ3v) is 4.44. The van der Waals surface area contributed by atoms with E-state index in [0.717, 1.165) is 29.8 Å². The van der Waals surface area contributed by atoms with Crippen LogP contribution in [0.3, 0.4) is 0 Å². The Morgan fingerprint density at radius 2 is 2.12 bits per heavy atom. The lowest BCUT2D eigenvalue weighted by atomic mass is 9.88. The summed E-state index contributed by atoms with van der Waals surface area (Å²) >= 11 is 0. The number of amides is 1. The Hall–Kier alpha value is -2.02. The molecule has 1 aliphatic heterocycles. The van der Waals surface area contributed by atoms with Crippen molar-refractivity contribution in [3.63, 3.8) is 0 Å². The summed E-state index contributed by atoms with van der Waals surface area (Å²) in [4.78, 5) is 20.0. The first-order chi connectivity index (χ1) is 11.2. The average Bonchev–Trinajstić information content (AvgIpc) is 3.13. The van der Waals surface area contributed by atoms with Crippen molar-refractivity contribution in [2.45, 2.75) is 6.92 Å². The second-order valence-corrected chi connectivity index (χ2v) is 5.99. The molecule has 6 nitrogen and oxygen atoms in total. The Morgan fingerprint density at radius 1 is 1.32 bits per heavy atom. The van der Waals surface area contributed by atoms with Crippen molar-refractivity contribution >= 4 is 47.4 Å². The maximum atomic E-state index is 12.3. The van der Waals surface area contributed by atoms with Crippen LogP contribution >= 0.6 is 24.8 Å². The van der Waals surface area contributed by atoms with E-state index in [-0.39, 0.29) is 36.6 Å². The van der Waals surface area contributed by atoms with E-state index in [1.165, 1.54) is 0 Å². The topological polar surface area (TPSA) is 83.0 Å². The molecule has 1 amide bonds. The fourth-order valence-electron chi connectivity index (χ4n) is 2.75. The van der Waals surface area contributed by atoms with Crippen molar-refractivity contribution in [1.82, 2.24) is 15.3 Å². The zero-order valence-electron chi connectivity index (χ0n) is 13.6. The molecular weight excluding hydrogens is 363 g/mol. The summed E-state index contributed by atoms with van der Waals surface area (Å²) in [6, 6.07) is 9.35. The third-order valence-electron chi connectivity index (χ3n) is 4.44. The highest BCUT2D eigenvalue weighted by atomic mass is 35.5. The summed E-state index contributed by atoms with van der Waals surface area (Å²) in [5, 5.41) is 6.19. The molecule has 0 spiro atoms. The number of H-pyrrole nitrogens is 1. The highest BCUT2D eigenvalue weighted by Gasteiger charge is 2.28. The Morgan fingerprint density at radius 3 is 2.76 bits per heavy atom. The van der Waals surface area contributed by atoms with Gasteiger partial charge in [0.2, 0.25) is 5.91 Å². The quantitative estimate of drug-likeness (QED) is 0.644. The van der Waals surface area contributed by atoms with Crippen molar-refractivity contribution in [2.75, 3.05) is 18.4 Å². The standard InChI is InChI=1S/C17H18N4O2.2ClH/c1-10(11-8-18-9-11)17(22)19-12-4-5-13-14(7-12)21-16(20-13)15-3-2-6-23-15;;/h2-7,10-11,18H,8-9H2,1H3,(H,19,22)(H,20,21);2*1H. The molecule has 0 bridgehead atoms. The van der Waals surface area contributed by atoms with Crippen molar-refractivity contribution in [3.8, 4) is 11.6 Å². The van der Waals surface area contributed by atoms with Crippen molar-refractivity contribution < 1.29 is 9.21 Å². The van der Waals surface area contributed by atoms with Gasteiger partial charge in [0.25, 0.3) is 0 Å². The molecule has 3 heterocycles. The number of anilines is 1. The molecule has 1 aliphatic rings. The lowest BCUT2D eigenvalue weighted by Gasteiger charge is -2.31. The van der Waals surface area contributed by atoms with E-state index in [0.29, 0.717) is 17.5 Å². The van der Waals surface area contributed by atoms with Crippen LogP contribution in [-0.4, -0.2) is 29.0 Å². The highest BCUT2D eigenvalue weighted by molar-refractivity contribution is 5.94. The zero-order chi connectivity index (χ0) is 15.8. The van der Waals surface area contributed by atoms with Gasteiger partial charge in [0.1, 0.15) is 0 Å². The maximum absolute atomic E-state index is 12.3. The number of nitrogens with one attached hydrogen (secondary N) is 3. The molecule has 0 radical (unpaired) electrons. The van der Waals surface area contributed by atoms with E-state index in [2.05, 4.69) is 20.6 Å². The second-order valence-electron chi connectivity index (χ2n) is 5.99. The van der Waals surface area contributed by atoms with Crippen LogP contribution in [0.1, 0.15) is 6.92 Å². The number of aromatic amines is 1. The molecule has 8 heteroatoms. The Bertz CT molecular complexity index is 844. The Balaban J connectivity index is 0.00000113. The van der Waals surface area contributed by atoms with Crippen LogP contribution in [-0.2, 0) is 4.79 Å². The normalized spacial score (nSPS) is 14.9. The number of furan rings is 1. The third kappa shape index (κ3) is 3.81. The van der Waals surface area contributed by atoms with Gasteiger partial charge in [-0.15, -0.1) is 24.8 Å². The van der Waals surface area contributed by atoms with Gasteiger partial charge in [-0.05, 0) is 49.3 Å². The van der Waals surface area contributed by atoms with E-state index in [4.69, 9.17) is 4.42 Å². The molecule has 1 atom stereocenters. The van der Waals surface area contributed by atoms with Gasteiger partial charge < -0.3 is 20.0 Å². The van der Waals surface area contributed by atoms with Crippen LogP contribution in [0.5, 0.6) is 0 Å². The molecule has 25 heavy (non-hydrogen) atoms. The van der Waals surface area contributed by atoms with Crippen LogP contribution in [0.2, 0.25) is 0 Å². The van der Waals surface area contributed by atoms with Crippen molar-refractivity contribution in [3.05, 3.63) is 36.6 Å². The van der Waals surface area contributed by atoms with Crippen LogP contribution < -0.4 is 10.6 Å². The van der Waals surface area contributed by atoms with E-state index in [1.807, 2.05) is 37.3 Å². The number of halogens is 2. The Kier molecular flexibility index (Phi) is 6.11. The lowest BCUT2D eigenvalue weighted by molar-refractivity contribution is -0.121. The minimum absolute atomic E-state index is 0. The van der Waals surface area contributed by atoms with Gasteiger partial charge in [0.15, 0.2) is 11.6 Å². The monoisotopic (exact) mass is 382 g/mol. The van der Waals surface area contributed by atoms with Gasteiger partial charge in [-0.3, -0.25) is 4.79 Å². The fourth-order valence-corrected chi connectivity index (χ4v) is 2.75.